The van der Waals surface area contributed by atoms with Gasteiger partial charge in [-0.15, -0.1) is 11.3 Å². The Morgan fingerprint density at radius 1 is 1.00 bits per heavy atom. The number of aromatic nitrogens is 2. The molecule has 2 aliphatic heterocycles. The van der Waals surface area contributed by atoms with Crippen molar-refractivity contribution in [1.29, 1.82) is 0 Å². The van der Waals surface area contributed by atoms with Crippen LogP contribution in [0.3, 0.4) is 0 Å². The first-order valence-corrected chi connectivity index (χ1v) is 13.3. The Balaban J connectivity index is 1.45. The molecule has 4 heterocycles. The van der Waals surface area contributed by atoms with Gasteiger partial charge in [0.15, 0.2) is 11.5 Å². The molecule has 186 valence electrons. The van der Waals surface area contributed by atoms with Crippen LogP contribution in [0.5, 0.6) is 11.5 Å². The predicted octanol–water partition coefficient (Wildman–Crippen LogP) is 4.85. The number of thiophene rings is 1. The van der Waals surface area contributed by atoms with Gasteiger partial charge >= 0.3 is 0 Å². The fraction of sp³-hybridized carbons (Fsp3) is 0.407. The summed E-state index contributed by atoms with van der Waals surface area (Å²) in [6, 6.07) is 7.96. The number of methoxy groups -OCH3 is 2. The van der Waals surface area contributed by atoms with Gasteiger partial charge in [0.05, 0.1) is 31.2 Å². The van der Waals surface area contributed by atoms with Gasteiger partial charge in [0.1, 0.15) is 23.1 Å². The van der Waals surface area contributed by atoms with E-state index in [0.717, 1.165) is 66.0 Å². The molecule has 1 unspecified atom stereocenters. The first kappa shape index (κ1) is 23.0. The van der Waals surface area contributed by atoms with Crippen molar-refractivity contribution < 1.29 is 14.3 Å². The number of piperidine rings is 1. The SMILES string of the molecule is COc1ccc(C2=NN(C3CCCCN3c3ncnc4sccc34)C(=O)[C@@H]3CC=CC[C@H]23)cc1OC. The highest BCUT2D eigenvalue weighted by molar-refractivity contribution is 7.16. The standard InChI is InChI=1S/C27H29N5O3S/c1-34-21-11-10-17(15-22(21)35-2)24-18-7-3-4-8-19(18)27(33)32(30-24)23-9-5-6-13-31(23)25-20-12-14-36-26(20)29-16-28-25/h3-4,10-12,14-16,18-19,23H,5-9,13H2,1-2H3/t18-,19+,23?/m0/s1. The summed E-state index contributed by atoms with van der Waals surface area (Å²) in [5.74, 6) is 2.22. The number of allylic oxidation sites excluding steroid dienone is 2. The fourth-order valence-corrected chi connectivity index (χ4v) is 6.43. The Morgan fingerprint density at radius 2 is 1.83 bits per heavy atom. The minimum Gasteiger partial charge on any atom is -0.493 e. The number of hydrogen-bond acceptors (Lipinski definition) is 8. The highest BCUT2D eigenvalue weighted by atomic mass is 32.1. The highest BCUT2D eigenvalue weighted by Crippen LogP contribution is 2.40. The van der Waals surface area contributed by atoms with Gasteiger partial charge in [0, 0.05) is 18.0 Å². The smallest absolute Gasteiger partial charge is 0.248 e. The molecule has 0 bridgehead atoms. The topological polar surface area (TPSA) is 80.2 Å². The third-order valence-electron chi connectivity index (χ3n) is 7.49. The average molecular weight is 504 g/mol. The summed E-state index contributed by atoms with van der Waals surface area (Å²) in [5.41, 5.74) is 1.89. The molecule has 0 spiro atoms. The summed E-state index contributed by atoms with van der Waals surface area (Å²) in [6.07, 6.45) is 10.2. The molecule has 36 heavy (non-hydrogen) atoms. The van der Waals surface area contributed by atoms with E-state index in [2.05, 4.69) is 33.1 Å². The first-order chi connectivity index (χ1) is 17.7. The van der Waals surface area contributed by atoms with E-state index in [1.807, 2.05) is 23.6 Å². The molecule has 9 heteroatoms. The van der Waals surface area contributed by atoms with E-state index in [1.54, 1.807) is 36.9 Å². The molecule has 2 aromatic heterocycles. The summed E-state index contributed by atoms with van der Waals surface area (Å²) in [5, 5.41) is 9.93. The van der Waals surface area contributed by atoms with E-state index >= 15 is 0 Å². The van der Waals surface area contributed by atoms with Crippen molar-refractivity contribution in [2.45, 2.75) is 38.3 Å². The Bertz CT molecular complexity index is 1350. The maximum atomic E-state index is 13.9. The van der Waals surface area contributed by atoms with Gasteiger partial charge in [-0.2, -0.15) is 5.10 Å². The lowest BCUT2D eigenvalue weighted by atomic mass is 9.76. The summed E-state index contributed by atoms with van der Waals surface area (Å²) in [6.45, 7) is 0.825. The number of rotatable bonds is 5. The molecular weight excluding hydrogens is 474 g/mol. The van der Waals surface area contributed by atoms with Crippen LogP contribution in [0.2, 0.25) is 0 Å². The fourth-order valence-electron chi connectivity index (χ4n) is 5.70. The predicted molar refractivity (Wildman–Crippen MR) is 141 cm³/mol. The third-order valence-corrected chi connectivity index (χ3v) is 8.31. The van der Waals surface area contributed by atoms with Gasteiger partial charge in [-0.3, -0.25) is 4.79 Å². The van der Waals surface area contributed by atoms with Crippen molar-refractivity contribution in [3.05, 3.63) is 53.7 Å². The van der Waals surface area contributed by atoms with Crippen LogP contribution in [0.4, 0.5) is 5.82 Å². The number of carbonyl (C=O) groups excluding carboxylic acids is 1. The first-order valence-electron chi connectivity index (χ1n) is 12.4. The van der Waals surface area contributed by atoms with Gasteiger partial charge in [-0.25, -0.2) is 15.0 Å². The van der Waals surface area contributed by atoms with Gasteiger partial charge in [-0.1, -0.05) is 12.2 Å². The van der Waals surface area contributed by atoms with Crippen molar-refractivity contribution in [2.75, 3.05) is 25.7 Å². The van der Waals surface area contributed by atoms with Crippen LogP contribution in [0.1, 0.15) is 37.7 Å². The molecule has 1 saturated heterocycles. The number of carbonyl (C=O) groups is 1. The Morgan fingerprint density at radius 3 is 2.67 bits per heavy atom. The van der Waals surface area contributed by atoms with Crippen LogP contribution >= 0.6 is 11.3 Å². The van der Waals surface area contributed by atoms with E-state index in [-0.39, 0.29) is 23.9 Å². The molecule has 0 N–H and O–H groups in total. The van der Waals surface area contributed by atoms with Crippen LogP contribution in [-0.2, 0) is 4.79 Å². The van der Waals surface area contributed by atoms with Gasteiger partial charge < -0.3 is 14.4 Å². The largest absolute Gasteiger partial charge is 0.493 e. The molecule has 1 amide bonds. The quantitative estimate of drug-likeness (QED) is 0.463. The normalized spacial score (nSPS) is 24.0. The molecule has 1 aromatic carbocycles. The lowest BCUT2D eigenvalue weighted by molar-refractivity contribution is -0.140. The zero-order chi connectivity index (χ0) is 24.6. The maximum Gasteiger partial charge on any atom is 0.248 e. The third kappa shape index (κ3) is 3.82. The minimum atomic E-state index is -0.189. The number of hydrogen-bond donors (Lipinski definition) is 0. The van der Waals surface area contributed by atoms with Crippen LogP contribution in [0, 0.1) is 11.8 Å². The number of benzene rings is 1. The van der Waals surface area contributed by atoms with Crippen molar-refractivity contribution >= 4 is 39.0 Å². The van der Waals surface area contributed by atoms with Crippen molar-refractivity contribution in [3.8, 4) is 11.5 Å². The van der Waals surface area contributed by atoms with Crippen LogP contribution in [0.15, 0.2) is 53.2 Å². The molecule has 0 radical (unpaired) electrons. The molecule has 1 aliphatic carbocycles. The van der Waals surface area contributed by atoms with Crippen LogP contribution < -0.4 is 14.4 Å². The zero-order valence-corrected chi connectivity index (χ0v) is 21.3. The zero-order valence-electron chi connectivity index (χ0n) is 20.5. The van der Waals surface area contributed by atoms with E-state index < -0.39 is 0 Å². The number of anilines is 1. The molecule has 1 fully saturated rings. The van der Waals surface area contributed by atoms with E-state index in [0.29, 0.717) is 11.5 Å². The number of hydrazone groups is 1. The molecule has 6 rings (SSSR count). The Labute approximate surface area is 214 Å². The van der Waals surface area contributed by atoms with Crippen molar-refractivity contribution in [3.63, 3.8) is 0 Å². The summed E-state index contributed by atoms with van der Waals surface area (Å²) in [4.78, 5) is 26.2. The molecule has 3 aliphatic rings. The summed E-state index contributed by atoms with van der Waals surface area (Å²) < 4.78 is 11.0. The van der Waals surface area contributed by atoms with E-state index in [9.17, 15) is 4.79 Å². The Hall–Kier alpha value is -3.46. The second-order valence-electron chi connectivity index (χ2n) is 9.40. The van der Waals surface area contributed by atoms with Gasteiger partial charge in [0.2, 0.25) is 5.91 Å². The molecular formula is C27H29N5O3S. The number of ether oxygens (including phenoxy) is 2. The monoisotopic (exact) mass is 503 g/mol. The van der Waals surface area contributed by atoms with E-state index in [1.165, 1.54) is 0 Å². The average Bonchev–Trinajstić information content (AvgIpc) is 3.42. The second-order valence-corrected chi connectivity index (χ2v) is 10.3. The Kier molecular flexibility index (Phi) is 6.08. The second kappa shape index (κ2) is 9.54. The van der Waals surface area contributed by atoms with Crippen molar-refractivity contribution in [2.24, 2.45) is 16.9 Å². The minimum absolute atomic E-state index is 0.0384. The number of fused-ring (bicyclic) bond motifs is 2. The number of nitrogens with zero attached hydrogens (tertiary/aromatic N) is 5. The van der Waals surface area contributed by atoms with Crippen molar-refractivity contribution in [1.82, 2.24) is 15.0 Å². The van der Waals surface area contributed by atoms with Gasteiger partial charge in [0.25, 0.3) is 0 Å². The van der Waals surface area contributed by atoms with Gasteiger partial charge in [-0.05, 0) is 61.7 Å². The maximum absolute atomic E-state index is 13.9. The number of amides is 1. The van der Waals surface area contributed by atoms with Crippen LogP contribution in [-0.4, -0.2) is 53.5 Å². The lowest BCUT2D eigenvalue weighted by Crippen LogP contribution is -2.56. The highest BCUT2D eigenvalue weighted by Gasteiger charge is 2.44. The summed E-state index contributed by atoms with van der Waals surface area (Å²) in [7, 11) is 3.27. The van der Waals surface area contributed by atoms with E-state index in [4.69, 9.17) is 14.6 Å². The lowest BCUT2D eigenvalue weighted by Gasteiger charge is -2.45. The molecule has 0 saturated carbocycles. The van der Waals surface area contributed by atoms with Crippen LogP contribution in [0.25, 0.3) is 10.2 Å². The summed E-state index contributed by atoms with van der Waals surface area (Å²) >= 11 is 1.61. The molecule has 3 aromatic rings. The molecule has 8 nitrogen and oxygen atoms in total. The molecule has 3 atom stereocenters.